The van der Waals surface area contributed by atoms with Gasteiger partial charge in [-0.25, -0.2) is 0 Å². The van der Waals surface area contributed by atoms with Gasteiger partial charge in [0, 0.05) is 10.1 Å². The van der Waals surface area contributed by atoms with Crippen LogP contribution in [0.1, 0.15) is 19.8 Å². The van der Waals surface area contributed by atoms with Gasteiger partial charge in [0.2, 0.25) is 0 Å². The fourth-order valence-electron chi connectivity index (χ4n) is 1.89. The topological polar surface area (TPSA) is 21.3 Å². The third-order valence-corrected chi connectivity index (χ3v) is 3.75. The minimum absolute atomic E-state index is 0.324. The second kappa shape index (κ2) is 5.56. The average Bonchev–Trinajstić information content (AvgIpc) is 2.63. The van der Waals surface area contributed by atoms with Gasteiger partial charge in [0.15, 0.2) is 0 Å². The van der Waals surface area contributed by atoms with Crippen molar-refractivity contribution in [1.29, 1.82) is 0 Å². The summed E-state index contributed by atoms with van der Waals surface area (Å²) in [6.45, 7) is 2.96. The largest absolute Gasteiger partial charge is 0.381 e. The molecule has 2 unspecified atom stereocenters. The molecule has 1 heterocycles. The summed E-state index contributed by atoms with van der Waals surface area (Å²) in [5, 5.41) is 4.12. The fourth-order valence-corrected chi connectivity index (χ4v) is 2.81. The van der Waals surface area contributed by atoms with Gasteiger partial charge < -0.3 is 10.1 Å². The van der Waals surface area contributed by atoms with E-state index in [0.29, 0.717) is 12.2 Å². The Morgan fingerprint density at radius 1 is 1.50 bits per heavy atom. The number of benzene rings is 1. The van der Waals surface area contributed by atoms with Gasteiger partial charge in [0.1, 0.15) is 0 Å². The minimum Gasteiger partial charge on any atom is -0.381 e. The maximum atomic E-state index is 6.14. The Morgan fingerprint density at radius 3 is 2.94 bits per heavy atom. The van der Waals surface area contributed by atoms with Gasteiger partial charge >= 0.3 is 0 Å². The molecule has 4 heteroatoms. The van der Waals surface area contributed by atoms with Crippen molar-refractivity contribution in [3.63, 3.8) is 0 Å². The number of anilines is 1. The third-order valence-electron chi connectivity index (χ3n) is 2.77. The molecule has 1 aromatic rings. The smallest absolute Gasteiger partial charge is 0.0751 e. The van der Waals surface area contributed by atoms with Gasteiger partial charge in [-0.3, -0.25) is 0 Å². The van der Waals surface area contributed by atoms with Gasteiger partial charge in [0.25, 0.3) is 0 Å². The fraction of sp³-hybridized carbons (Fsp3) is 0.500. The first kappa shape index (κ1) is 12.5. The Bertz CT molecular complexity index is 372. The highest BCUT2D eigenvalue weighted by molar-refractivity contribution is 14.1. The Hall–Kier alpha value is -0.000000000000000132. The molecule has 1 N–H and O–H groups in total. The maximum Gasteiger partial charge on any atom is 0.0751 e. The molecule has 0 bridgehead atoms. The van der Waals surface area contributed by atoms with E-state index in [-0.39, 0.29) is 0 Å². The van der Waals surface area contributed by atoms with Gasteiger partial charge in [-0.2, -0.15) is 0 Å². The lowest BCUT2D eigenvalue weighted by Crippen LogP contribution is -2.19. The predicted molar refractivity (Wildman–Crippen MR) is 76.2 cm³/mol. The van der Waals surface area contributed by atoms with Crippen molar-refractivity contribution in [2.75, 3.05) is 11.9 Å². The molecule has 0 spiro atoms. The molecule has 1 fully saturated rings. The summed E-state index contributed by atoms with van der Waals surface area (Å²) < 4.78 is 6.89. The first-order valence-electron chi connectivity index (χ1n) is 5.49. The van der Waals surface area contributed by atoms with E-state index in [1.807, 2.05) is 18.2 Å². The van der Waals surface area contributed by atoms with Crippen LogP contribution >= 0.6 is 34.2 Å². The highest BCUT2D eigenvalue weighted by atomic mass is 127. The first-order valence-corrected chi connectivity index (χ1v) is 6.95. The van der Waals surface area contributed by atoms with E-state index in [0.717, 1.165) is 33.7 Å². The molecule has 1 aliphatic heterocycles. The van der Waals surface area contributed by atoms with Gasteiger partial charge in [0.05, 0.1) is 22.9 Å². The summed E-state index contributed by atoms with van der Waals surface area (Å²) in [6, 6.07) is 6.03. The van der Waals surface area contributed by atoms with Crippen LogP contribution in [-0.4, -0.2) is 18.8 Å². The quantitative estimate of drug-likeness (QED) is 0.833. The van der Waals surface area contributed by atoms with E-state index in [1.54, 1.807) is 0 Å². The highest BCUT2D eigenvalue weighted by Gasteiger charge is 2.21. The summed E-state index contributed by atoms with van der Waals surface area (Å²) in [7, 11) is 0. The van der Waals surface area contributed by atoms with Gasteiger partial charge in [-0.15, -0.1) is 0 Å². The van der Waals surface area contributed by atoms with Crippen molar-refractivity contribution in [2.24, 2.45) is 0 Å². The van der Waals surface area contributed by atoms with Crippen molar-refractivity contribution < 1.29 is 4.74 Å². The van der Waals surface area contributed by atoms with Crippen molar-refractivity contribution >= 4 is 39.9 Å². The van der Waals surface area contributed by atoms with Crippen molar-refractivity contribution in [1.82, 2.24) is 0 Å². The van der Waals surface area contributed by atoms with Crippen LogP contribution in [0.5, 0.6) is 0 Å². The first-order chi connectivity index (χ1) is 7.65. The molecule has 2 rings (SSSR count). The van der Waals surface area contributed by atoms with E-state index in [2.05, 4.69) is 34.8 Å². The zero-order chi connectivity index (χ0) is 11.5. The summed E-state index contributed by atoms with van der Waals surface area (Å²) in [5.74, 6) is 0. The number of nitrogens with one attached hydrogen (secondary N) is 1. The molecule has 1 aliphatic rings. The molecule has 0 aliphatic carbocycles. The zero-order valence-electron chi connectivity index (χ0n) is 9.17. The Labute approximate surface area is 115 Å². The van der Waals surface area contributed by atoms with Gasteiger partial charge in [-0.05, 0) is 60.6 Å². The van der Waals surface area contributed by atoms with E-state index in [9.17, 15) is 0 Å². The number of ether oxygens (including phenoxy) is 1. The monoisotopic (exact) mass is 351 g/mol. The molecule has 0 saturated carbocycles. The molecular formula is C12H15ClINO. The van der Waals surface area contributed by atoms with Crippen LogP contribution in [0.25, 0.3) is 0 Å². The van der Waals surface area contributed by atoms with Crippen LogP contribution in [-0.2, 0) is 4.74 Å². The van der Waals surface area contributed by atoms with Crippen molar-refractivity contribution in [2.45, 2.75) is 32.0 Å². The van der Waals surface area contributed by atoms with E-state index in [1.165, 1.54) is 0 Å². The molecule has 0 aromatic heterocycles. The summed E-state index contributed by atoms with van der Waals surface area (Å²) >= 11 is 8.39. The van der Waals surface area contributed by atoms with Crippen LogP contribution in [0, 0.1) is 3.57 Å². The zero-order valence-corrected chi connectivity index (χ0v) is 12.1. The van der Waals surface area contributed by atoms with Crippen molar-refractivity contribution in [3.8, 4) is 0 Å². The Kier molecular flexibility index (Phi) is 4.33. The molecule has 2 atom stereocenters. The summed E-state index contributed by atoms with van der Waals surface area (Å²) in [4.78, 5) is 0. The van der Waals surface area contributed by atoms with Gasteiger partial charge in [-0.1, -0.05) is 11.6 Å². The Morgan fingerprint density at radius 2 is 2.31 bits per heavy atom. The molecular weight excluding hydrogens is 336 g/mol. The van der Waals surface area contributed by atoms with Crippen LogP contribution in [0.15, 0.2) is 18.2 Å². The summed E-state index contributed by atoms with van der Waals surface area (Å²) in [5.41, 5.74) is 0.991. The molecule has 1 aromatic carbocycles. The minimum atomic E-state index is 0.324. The maximum absolute atomic E-state index is 6.14. The number of rotatable bonds is 3. The van der Waals surface area contributed by atoms with Crippen LogP contribution in [0.3, 0.4) is 0 Å². The summed E-state index contributed by atoms with van der Waals surface area (Å²) in [6.07, 6.45) is 3.02. The van der Waals surface area contributed by atoms with E-state index < -0.39 is 0 Å². The molecule has 0 amide bonds. The van der Waals surface area contributed by atoms with Crippen molar-refractivity contribution in [3.05, 3.63) is 26.8 Å². The lowest BCUT2D eigenvalue weighted by atomic mass is 10.2. The second-order valence-corrected chi connectivity index (χ2v) is 5.80. The normalized spacial score (nSPS) is 24.7. The standard InChI is InChI=1S/C12H15ClINO/c1-8-2-4-10(16-8)7-15-12-5-3-9(14)6-11(12)13/h3,5-6,8,10,15H,2,4,7H2,1H3. The number of hydrogen-bond donors (Lipinski definition) is 1. The van der Waals surface area contributed by atoms with E-state index in [4.69, 9.17) is 16.3 Å². The Balaban J connectivity index is 1.89. The molecule has 88 valence electrons. The molecule has 2 nitrogen and oxygen atoms in total. The van der Waals surface area contributed by atoms with E-state index >= 15 is 0 Å². The van der Waals surface area contributed by atoms with Crippen LogP contribution in [0.4, 0.5) is 5.69 Å². The highest BCUT2D eigenvalue weighted by Crippen LogP contribution is 2.25. The van der Waals surface area contributed by atoms with Crippen LogP contribution < -0.4 is 5.32 Å². The molecule has 1 saturated heterocycles. The molecule has 16 heavy (non-hydrogen) atoms. The number of hydrogen-bond acceptors (Lipinski definition) is 2. The van der Waals surface area contributed by atoms with Crippen LogP contribution in [0.2, 0.25) is 5.02 Å². The predicted octanol–water partition coefficient (Wildman–Crippen LogP) is 3.92. The molecule has 0 radical (unpaired) electrons. The number of halogens is 2. The second-order valence-electron chi connectivity index (χ2n) is 4.15. The lowest BCUT2D eigenvalue weighted by molar-refractivity contribution is 0.0637. The third kappa shape index (κ3) is 3.25. The SMILES string of the molecule is CC1CCC(CNc2ccc(I)cc2Cl)O1. The average molecular weight is 352 g/mol. The lowest BCUT2D eigenvalue weighted by Gasteiger charge is -2.14.